The van der Waals surface area contributed by atoms with Crippen LogP contribution in [0.3, 0.4) is 0 Å². The van der Waals surface area contributed by atoms with Crippen molar-refractivity contribution in [2.75, 3.05) is 12.3 Å². The number of nitrogens with two attached hydrogens (primary N) is 1. The number of hydrogen-bond acceptors (Lipinski definition) is 2. The maximum atomic E-state index is 10.9. The van der Waals surface area contributed by atoms with Gasteiger partial charge in [0.1, 0.15) is 0 Å². The van der Waals surface area contributed by atoms with E-state index in [1.807, 2.05) is 24.3 Å². The molecule has 13 heavy (non-hydrogen) atoms. The fourth-order valence-corrected chi connectivity index (χ4v) is 1.47. The van der Waals surface area contributed by atoms with E-state index in [-0.39, 0.29) is 12.1 Å². The average molecular weight is 177 g/mol. The molecule has 1 aromatic carbocycles. The molecule has 1 atom stereocenters. The highest BCUT2D eigenvalue weighted by Crippen LogP contribution is 2.20. The molecule has 1 unspecified atom stereocenters. The molecular formula is C9H11N3O. The molecule has 1 aromatic rings. The molecule has 1 aliphatic heterocycles. The third-order valence-electron chi connectivity index (χ3n) is 2.14. The Morgan fingerprint density at radius 1 is 1.38 bits per heavy atom. The van der Waals surface area contributed by atoms with Crippen LogP contribution in [-0.4, -0.2) is 12.6 Å². The van der Waals surface area contributed by atoms with Gasteiger partial charge in [0, 0.05) is 12.2 Å². The fraction of sp³-hybridized carbons (Fsp3) is 0.222. The normalized spacial score (nSPS) is 20.9. The second-order valence-electron chi connectivity index (χ2n) is 3.04. The van der Waals surface area contributed by atoms with Crippen LogP contribution in [0.4, 0.5) is 10.5 Å². The summed E-state index contributed by atoms with van der Waals surface area (Å²) < 4.78 is 0. The first kappa shape index (κ1) is 7.91. The number of urea groups is 1. The molecule has 4 nitrogen and oxygen atoms in total. The minimum Gasteiger partial charge on any atom is -0.398 e. The zero-order valence-corrected chi connectivity index (χ0v) is 7.08. The Morgan fingerprint density at radius 3 is 2.77 bits per heavy atom. The molecular weight excluding hydrogens is 166 g/mol. The predicted molar refractivity (Wildman–Crippen MR) is 50.1 cm³/mol. The Balaban J connectivity index is 2.26. The van der Waals surface area contributed by atoms with Gasteiger partial charge in [-0.25, -0.2) is 4.79 Å². The van der Waals surface area contributed by atoms with Crippen molar-refractivity contribution < 1.29 is 4.79 Å². The van der Waals surface area contributed by atoms with Gasteiger partial charge in [-0.05, 0) is 11.6 Å². The first-order valence-electron chi connectivity index (χ1n) is 4.16. The zero-order valence-electron chi connectivity index (χ0n) is 7.08. The molecule has 0 aromatic heterocycles. The third-order valence-corrected chi connectivity index (χ3v) is 2.14. The number of anilines is 1. The Hall–Kier alpha value is -1.71. The highest BCUT2D eigenvalue weighted by molar-refractivity contribution is 5.77. The summed E-state index contributed by atoms with van der Waals surface area (Å²) >= 11 is 0. The van der Waals surface area contributed by atoms with Crippen LogP contribution in [0.25, 0.3) is 0 Å². The topological polar surface area (TPSA) is 67.1 Å². The van der Waals surface area contributed by atoms with E-state index >= 15 is 0 Å². The van der Waals surface area contributed by atoms with Crippen LogP contribution in [0.5, 0.6) is 0 Å². The molecule has 4 N–H and O–H groups in total. The lowest BCUT2D eigenvalue weighted by molar-refractivity contribution is 0.247. The van der Waals surface area contributed by atoms with Gasteiger partial charge >= 0.3 is 6.03 Å². The van der Waals surface area contributed by atoms with Crippen LogP contribution < -0.4 is 16.4 Å². The molecule has 0 radical (unpaired) electrons. The lowest BCUT2D eigenvalue weighted by Crippen LogP contribution is -2.22. The maximum Gasteiger partial charge on any atom is 0.315 e. The van der Waals surface area contributed by atoms with Gasteiger partial charge in [-0.2, -0.15) is 0 Å². The van der Waals surface area contributed by atoms with Crippen molar-refractivity contribution in [3.05, 3.63) is 29.8 Å². The minimum atomic E-state index is -0.131. The van der Waals surface area contributed by atoms with Gasteiger partial charge in [-0.3, -0.25) is 0 Å². The van der Waals surface area contributed by atoms with E-state index in [0.29, 0.717) is 6.54 Å². The smallest absolute Gasteiger partial charge is 0.315 e. The van der Waals surface area contributed by atoms with Gasteiger partial charge < -0.3 is 16.4 Å². The molecule has 4 heteroatoms. The molecule has 1 heterocycles. The van der Waals surface area contributed by atoms with E-state index in [9.17, 15) is 4.79 Å². The molecule has 2 amide bonds. The monoisotopic (exact) mass is 177 g/mol. The second-order valence-corrected chi connectivity index (χ2v) is 3.04. The summed E-state index contributed by atoms with van der Waals surface area (Å²) in [6.45, 7) is 0.604. The number of carbonyl (C=O) groups is 1. The summed E-state index contributed by atoms with van der Waals surface area (Å²) in [6, 6.07) is 7.42. The van der Waals surface area contributed by atoms with Crippen LogP contribution in [0.1, 0.15) is 11.6 Å². The van der Waals surface area contributed by atoms with Gasteiger partial charge in [0.2, 0.25) is 0 Å². The molecule has 0 spiro atoms. The first-order chi connectivity index (χ1) is 6.27. The van der Waals surface area contributed by atoms with Crippen molar-refractivity contribution >= 4 is 11.7 Å². The van der Waals surface area contributed by atoms with E-state index in [2.05, 4.69) is 10.6 Å². The van der Waals surface area contributed by atoms with E-state index in [4.69, 9.17) is 5.73 Å². The number of benzene rings is 1. The number of rotatable bonds is 1. The largest absolute Gasteiger partial charge is 0.398 e. The quantitative estimate of drug-likeness (QED) is 0.550. The van der Waals surface area contributed by atoms with Crippen LogP contribution in [0.15, 0.2) is 24.3 Å². The molecule has 2 rings (SSSR count). The van der Waals surface area contributed by atoms with Gasteiger partial charge in [0.25, 0.3) is 0 Å². The summed E-state index contributed by atoms with van der Waals surface area (Å²) in [5, 5.41) is 5.47. The fourth-order valence-electron chi connectivity index (χ4n) is 1.47. The Kier molecular flexibility index (Phi) is 1.81. The molecule has 1 saturated heterocycles. The molecule has 1 fully saturated rings. The number of hydrogen-bond donors (Lipinski definition) is 3. The summed E-state index contributed by atoms with van der Waals surface area (Å²) in [5.74, 6) is 0. The lowest BCUT2D eigenvalue weighted by atomic mass is 10.1. The standard InChI is InChI=1S/C9H11N3O/c10-7-4-2-1-3-6(7)8-5-11-9(13)12-8/h1-4,8H,5,10H2,(H2,11,12,13). The number of para-hydroxylation sites is 1. The molecule has 68 valence electrons. The Labute approximate surface area is 76.1 Å². The maximum absolute atomic E-state index is 10.9. The van der Waals surface area contributed by atoms with E-state index < -0.39 is 0 Å². The third kappa shape index (κ3) is 1.42. The van der Waals surface area contributed by atoms with Crippen LogP contribution in [0.2, 0.25) is 0 Å². The lowest BCUT2D eigenvalue weighted by Gasteiger charge is -2.10. The van der Waals surface area contributed by atoms with E-state index in [0.717, 1.165) is 11.3 Å². The molecule has 0 bridgehead atoms. The van der Waals surface area contributed by atoms with Crippen LogP contribution in [0, 0.1) is 0 Å². The van der Waals surface area contributed by atoms with Crippen LogP contribution >= 0.6 is 0 Å². The molecule has 0 saturated carbocycles. The number of amides is 2. The number of nitrogen functional groups attached to an aromatic ring is 1. The molecule has 1 aliphatic rings. The highest BCUT2D eigenvalue weighted by atomic mass is 16.2. The van der Waals surface area contributed by atoms with Gasteiger partial charge in [0.15, 0.2) is 0 Å². The number of nitrogens with one attached hydrogen (secondary N) is 2. The second kappa shape index (κ2) is 2.97. The Morgan fingerprint density at radius 2 is 2.15 bits per heavy atom. The predicted octanol–water partition coefficient (Wildman–Crippen LogP) is 0.623. The summed E-state index contributed by atoms with van der Waals surface area (Å²) in [5.41, 5.74) is 7.46. The van der Waals surface area contributed by atoms with Crippen molar-refractivity contribution in [3.8, 4) is 0 Å². The summed E-state index contributed by atoms with van der Waals surface area (Å²) in [7, 11) is 0. The van der Waals surface area contributed by atoms with Crippen molar-refractivity contribution in [2.24, 2.45) is 0 Å². The van der Waals surface area contributed by atoms with E-state index in [1.165, 1.54) is 0 Å². The number of carbonyl (C=O) groups excluding carboxylic acids is 1. The summed E-state index contributed by atoms with van der Waals surface area (Å²) in [4.78, 5) is 10.9. The van der Waals surface area contributed by atoms with Crippen molar-refractivity contribution in [3.63, 3.8) is 0 Å². The van der Waals surface area contributed by atoms with Crippen LogP contribution in [-0.2, 0) is 0 Å². The van der Waals surface area contributed by atoms with Crippen molar-refractivity contribution in [1.82, 2.24) is 10.6 Å². The van der Waals surface area contributed by atoms with Gasteiger partial charge in [-0.1, -0.05) is 18.2 Å². The van der Waals surface area contributed by atoms with Crippen molar-refractivity contribution in [2.45, 2.75) is 6.04 Å². The highest BCUT2D eigenvalue weighted by Gasteiger charge is 2.22. The van der Waals surface area contributed by atoms with Crippen molar-refractivity contribution in [1.29, 1.82) is 0 Å². The molecule has 0 aliphatic carbocycles. The summed E-state index contributed by atoms with van der Waals surface area (Å²) in [6.07, 6.45) is 0. The van der Waals surface area contributed by atoms with Gasteiger partial charge in [0.05, 0.1) is 6.04 Å². The SMILES string of the molecule is Nc1ccccc1C1CNC(=O)N1. The average Bonchev–Trinajstić information content (AvgIpc) is 2.53. The minimum absolute atomic E-state index is 0.00806. The zero-order chi connectivity index (χ0) is 9.26. The first-order valence-corrected chi connectivity index (χ1v) is 4.16. The van der Waals surface area contributed by atoms with E-state index in [1.54, 1.807) is 0 Å². The van der Waals surface area contributed by atoms with Gasteiger partial charge in [-0.15, -0.1) is 0 Å². The Bertz CT molecular complexity index is 337.